The van der Waals surface area contributed by atoms with Crippen LogP contribution in [0.2, 0.25) is 0 Å². The van der Waals surface area contributed by atoms with E-state index in [1.807, 2.05) is 6.92 Å². The predicted octanol–water partition coefficient (Wildman–Crippen LogP) is 1.30. The average Bonchev–Trinajstić information content (AvgIpc) is 2.70. The zero-order valence-corrected chi connectivity index (χ0v) is 11.4. The Bertz CT molecular complexity index is 702. The van der Waals surface area contributed by atoms with Crippen LogP contribution in [-0.2, 0) is 4.84 Å². The van der Waals surface area contributed by atoms with E-state index in [1.54, 1.807) is 13.1 Å². The van der Waals surface area contributed by atoms with Crippen molar-refractivity contribution in [1.29, 1.82) is 0 Å². The van der Waals surface area contributed by atoms with E-state index in [0.717, 1.165) is 10.5 Å². The highest BCUT2D eigenvalue weighted by Gasteiger charge is 2.14. The zero-order chi connectivity index (χ0) is 14.0. The molecule has 2 heterocycles. The van der Waals surface area contributed by atoms with Gasteiger partial charge in [-0.05, 0) is 13.8 Å². The summed E-state index contributed by atoms with van der Waals surface area (Å²) in [5, 5.41) is 0. The standard InChI is InChI=1S/C12H13N3O3S/c1-7(2)6-18-14-10(16)9-4-13-12-15(11(9)17)5-8(3)19-12/h4-5H,1,6H2,2-3H3,(H,14,16). The number of rotatable bonds is 4. The minimum atomic E-state index is -0.614. The van der Waals surface area contributed by atoms with E-state index < -0.39 is 11.5 Å². The second-order valence-corrected chi connectivity index (χ2v) is 5.36. The molecule has 0 bridgehead atoms. The third kappa shape index (κ3) is 2.88. The number of thiazole rings is 1. The molecule has 6 nitrogen and oxygen atoms in total. The number of hydroxylamine groups is 1. The minimum absolute atomic E-state index is 0.0583. The molecule has 0 aliphatic heterocycles. The van der Waals surface area contributed by atoms with Crippen molar-refractivity contribution >= 4 is 22.2 Å². The van der Waals surface area contributed by atoms with Crippen LogP contribution < -0.4 is 11.0 Å². The highest BCUT2D eigenvalue weighted by atomic mass is 32.1. The van der Waals surface area contributed by atoms with Crippen LogP contribution in [0.3, 0.4) is 0 Å². The lowest BCUT2D eigenvalue weighted by molar-refractivity contribution is 0.0399. The SMILES string of the molecule is C=C(C)CONC(=O)c1cnc2sc(C)cn2c1=O. The van der Waals surface area contributed by atoms with Crippen molar-refractivity contribution in [3.8, 4) is 0 Å². The van der Waals surface area contributed by atoms with Crippen LogP contribution in [-0.4, -0.2) is 21.9 Å². The van der Waals surface area contributed by atoms with Crippen LogP contribution in [0.5, 0.6) is 0 Å². The number of amides is 1. The first-order valence-electron chi connectivity index (χ1n) is 5.53. The van der Waals surface area contributed by atoms with E-state index in [-0.39, 0.29) is 12.2 Å². The number of carbonyl (C=O) groups is 1. The molecule has 0 radical (unpaired) electrons. The van der Waals surface area contributed by atoms with Gasteiger partial charge in [-0.15, -0.1) is 11.3 Å². The van der Waals surface area contributed by atoms with Gasteiger partial charge in [0.25, 0.3) is 11.5 Å². The lowest BCUT2D eigenvalue weighted by Gasteiger charge is -2.04. The van der Waals surface area contributed by atoms with Gasteiger partial charge in [0.2, 0.25) is 0 Å². The first-order chi connectivity index (χ1) is 8.99. The van der Waals surface area contributed by atoms with Crippen LogP contribution in [0.4, 0.5) is 0 Å². The molecule has 0 aromatic carbocycles. The Hall–Kier alpha value is -1.99. The summed E-state index contributed by atoms with van der Waals surface area (Å²) in [6, 6.07) is 0. The summed E-state index contributed by atoms with van der Waals surface area (Å²) >= 11 is 1.39. The molecule has 2 aromatic heterocycles. The topological polar surface area (TPSA) is 72.7 Å². The molecule has 7 heteroatoms. The summed E-state index contributed by atoms with van der Waals surface area (Å²) in [5.74, 6) is -0.614. The molecule has 19 heavy (non-hydrogen) atoms. The minimum Gasteiger partial charge on any atom is -0.269 e. The van der Waals surface area contributed by atoms with Crippen molar-refractivity contribution in [2.24, 2.45) is 0 Å². The lowest BCUT2D eigenvalue weighted by atomic mass is 10.3. The van der Waals surface area contributed by atoms with E-state index in [4.69, 9.17) is 4.84 Å². The van der Waals surface area contributed by atoms with E-state index in [0.29, 0.717) is 4.96 Å². The van der Waals surface area contributed by atoms with E-state index in [1.165, 1.54) is 21.9 Å². The highest BCUT2D eigenvalue weighted by Crippen LogP contribution is 2.12. The van der Waals surface area contributed by atoms with Crippen molar-refractivity contribution in [3.05, 3.63) is 45.3 Å². The highest BCUT2D eigenvalue weighted by molar-refractivity contribution is 7.16. The normalized spacial score (nSPS) is 10.6. The van der Waals surface area contributed by atoms with E-state index in [2.05, 4.69) is 17.0 Å². The maximum atomic E-state index is 12.1. The monoisotopic (exact) mass is 279 g/mol. The molecule has 0 unspecified atom stereocenters. The number of nitrogens with one attached hydrogen (secondary N) is 1. The van der Waals surface area contributed by atoms with Gasteiger partial charge in [-0.25, -0.2) is 10.5 Å². The number of fused-ring (bicyclic) bond motifs is 1. The second-order valence-electron chi connectivity index (χ2n) is 4.15. The van der Waals surface area contributed by atoms with Crippen LogP contribution in [0, 0.1) is 6.92 Å². The number of aromatic nitrogens is 2. The van der Waals surface area contributed by atoms with Crippen LogP contribution in [0.1, 0.15) is 22.2 Å². The fraction of sp³-hybridized carbons (Fsp3) is 0.250. The largest absolute Gasteiger partial charge is 0.282 e. The van der Waals surface area contributed by atoms with Crippen molar-refractivity contribution in [3.63, 3.8) is 0 Å². The molecule has 0 saturated heterocycles. The smallest absolute Gasteiger partial charge is 0.269 e. The summed E-state index contributed by atoms with van der Waals surface area (Å²) in [6.45, 7) is 7.46. The molecule has 2 rings (SSSR count). The first kappa shape index (κ1) is 13.4. The molecule has 0 spiro atoms. The summed E-state index contributed by atoms with van der Waals surface area (Å²) in [5.41, 5.74) is 2.49. The molecule has 0 aliphatic carbocycles. The lowest BCUT2D eigenvalue weighted by Crippen LogP contribution is -2.31. The summed E-state index contributed by atoms with van der Waals surface area (Å²) in [4.78, 5) is 34.3. The second kappa shape index (κ2) is 5.33. The third-order valence-corrected chi connectivity index (χ3v) is 3.16. The average molecular weight is 279 g/mol. The van der Waals surface area contributed by atoms with Gasteiger partial charge < -0.3 is 0 Å². The predicted molar refractivity (Wildman–Crippen MR) is 72.3 cm³/mol. The van der Waals surface area contributed by atoms with Crippen molar-refractivity contribution < 1.29 is 9.63 Å². The van der Waals surface area contributed by atoms with Gasteiger partial charge in [-0.2, -0.15) is 0 Å². The van der Waals surface area contributed by atoms with E-state index >= 15 is 0 Å². The van der Waals surface area contributed by atoms with Crippen molar-refractivity contribution in [2.45, 2.75) is 13.8 Å². The molecule has 0 aliphatic rings. The van der Waals surface area contributed by atoms with E-state index in [9.17, 15) is 9.59 Å². The Morgan fingerprint density at radius 1 is 1.63 bits per heavy atom. The maximum absolute atomic E-state index is 12.1. The quantitative estimate of drug-likeness (QED) is 0.676. The van der Waals surface area contributed by atoms with Gasteiger partial charge in [-0.3, -0.25) is 18.8 Å². The first-order valence-corrected chi connectivity index (χ1v) is 6.35. The Morgan fingerprint density at radius 2 is 2.37 bits per heavy atom. The third-order valence-electron chi connectivity index (χ3n) is 2.25. The molecule has 1 amide bonds. The molecule has 0 fully saturated rings. The molecular weight excluding hydrogens is 266 g/mol. The molecule has 1 N–H and O–H groups in total. The zero-order valence-electron chi connectivity index (χ0n) is 10.6. The molecule has 2 aromatic rings. The van der Waals surface area contributed by atoms with Crippen LogP contribution in [0.25, 0.3) is 4.96 Å². The fourth-order valence-electron chi connectivity index (χ4n) is 1.43. The number of aryl methyl sites for hydroxylation is 1. The number of hydrogen-bond donors (Lipinski definition) is 1. The Balaban J connectivity index is 2.25. The molecule has 0 saturated carbocycles. The van der Waals surface area contributed by atoms with Gasteiger partial charge in [0.1, 0.15) is 5.56 Å². The number of carbonyl (C=O) groups excluding carboxylic acids is 1. The molecular formula is C12H13N3O3S. The van der Waals surface area contributed by atoms with Gasteiger partial charge in [0.15, 0.2) is 4.96 Å². The van der Waals surface area contributed by atoms with Crippen molar-refractivity contribution in [2.75, 3.05) is 6.61 Å². The van der Waals surface area contributed by atoms with Gasteiger partial charge >= 0.3 is 0 Å². The summed E-state index contributed by atoms with van der Waals surface area (Å²) in [6.07, 6.45) is 2.91. The number of nitrogens with zero attached hydrogens (tertiary/aromatic N) is 2. The van der Waals surface area contributed by atoms with Crippen molar-refractivity contribution in [1.82, 2.24) is 14.9 Å². The van der Waals surface area contributed by atoms with Gasteiger partial charge in [-0.1, -0.05) is 12.2 Å². The van der Waals surface area contributed by atoms with Gasteiger partial charge in [0.05, 0.1) is 6.61 Å². The molecule has 100 valence electrons. The summed E-state index contributed by atoms with van der Waals surface area (Å²) < 4.78 is 1.35. The Kier molecular flexibility index (Phi) is 3.77. The Labute approximate surface area is 113 Å². The van der Waals surface area contributed by atoms with Crippen LogP contribution in [0.15, 0.2) is 29.3 Å². The number of hydrogen-bond acceptors (Lipinski definition) is 5. The van der Waals surface area contributed by atoms with Crippen LogP contribution >= 0.6 is 11.3 Å². The molecule has 0 atom stereocenters. The summed E-state index contributed by atoms with van der Waals surface area (Å²) in [7, 11) is 0. The Morgan fingerprint density at radius 3 is 3.05 bits per heavy atom. The maximum Gasteiger partial charge on any atom is 0.282 e. The van der Waals surface area contributed by atoms with Gasteiger partial charge in [0, 0.05) is 17.3 Å². The fourth-order valence-corrected chi connectivity index (χ4v) is 2.22.